The normalized spacial score (nSPS) is 24.4. The first-order valence-corrected chi connectivity index (χ1v) is 10.5. The summed E-state index contributed by atoms with van der Waals surface area (Å²) in [5.41, 5.74) is 2.32. The number of ketones is 1. The van der Waals surface area contributed by atoms with Gasteiger partial charge in [-0.25, -0.2) is 0 Å². The number of anilines is 1. The quantitative estimate of drug-likeness (QED) is 0.649. The lowest BCUT2D eigenvalue weighted by Gasteiger charge is -2.34. The topological polar surface area (TPSA) is 29.1 Å². The van der Waals surface area contributed by atoms with E-state index in [1.807, 2.05) is 6.07 Å². The van der Waals surface area contributed by atoms with Crippen molar-refractivity contribution in [3.8, 4) is 0 Å². The Hall–Kier alpha value is -0.870. The van der Waals surface area contributed by atoms with Gasteiger partial charge in [0.2, 0.25) is 0 Å². The average molecular weight is 378 g/mol. The summed E-state index contributed by atoms with van der Waals surface area (Å²) in [6.45, 7) is 13.1. The molecule has 2 rings (SSSR count). The molecule has 0 amide bonds. The van der Waals surface area contributed by atoms with Gasteiger partial charge in [-0.15, -0.1) is 0 Å². The number of hydrogen-bond donors (Lipinski definition) is 1. The summed E-state index contributed by atoms with van der Waals surface area (Å²) in [5, 5.41) is 3.37. The zero-order chi connectivity index (χ0) is 18.8. The Labute approximate surface area is 162 Å². The molecule has 0 bridgehead atoms. The summed E-state index contributed by atoms with van der Waals surface area (Å²) in [6, 6.07) is 8.28. The van der Waals surface area contributed by atoms with E-state index in [0.717, 1.165) is 18.5 Å². The van der Waals surface area contributed by atoms with Crippen LogP contribution in [0.1, 0.15) is 59.9 Å². The third kappa shape index (κ3) is 5.07. The van der Waals surface area contributed by atoms with Crippen LogP contribution in [0, 0.1) is 17.8 Å². The highest BCUT2D eigenvalue weighted by molar-refractivity contribution is 8.24. The lowest BCUT2D eigenvalue weighted by atomic mass is 9.76. The summed E-state index contributed by atoms with van der Waals surface area (Å²) >= 11 is 7.15. The second-order valence-corrected chi connectivity index (χ2v) is 10.4. The van der Waals surface area contributed by atoms with Gasteiger partial charge in [-0.2, -0.15) is 0 Å². The smallest absolute Gasteiger partial charge is 0.149 e. The maximum Gasteiger partial charge on any atom is 0.149 e. The molecule has 0 aliphatic heterocycles. The van der Waals surface area contributed by atoms with Crippen molar-refractivity contribution >= 4 is 39.8 Å². The first kappa shape index (κ1) is 20.4. The number of hydrogen-bond acceptors (Lipinski definition) is 3. The van der Waals surface area contributed by atoms with E-state index in [1.54, 1.807) is 11.8 Å². The van der Waals surface area contributed by atoms with Crippen molar-refractivity contribution in [3.63, 3.8) is 0 Å². The van der Waals surface area contributed by atoms with Crippen molar-refractivity contribution in [1.82, 2.24) is 0 Å². The van der Waals surface area contributed by atoms with E-state index in [2.05, 4.69) is 65.1 Å². The van der Waals surface area contributed by atoms with Gasteiger partial charge in [0.05, 0.1) is 5.25 Å². The molecule has 25 heavy (non-hydrogen) atoms. The zero-order valence-electron chi connectivity index (χ0n) is 16.3. The van der Waals surface area contributed by atoms with Crippen LogP contribution in [-0.4, -0.2) is 15.4 Å². The molecular formula is C21H31NOS2. The molecule has 4 heteroatoms. The van der Waals surface area contributed by atoms with E-state index >= 15 is 0 Å². The number of carbonyl (C=O) groups excluding carboxylic acids is 1. The standard InChI is InChI=1S/C21H31NOS2/c1-13(2)15-12-11-14(3)19(18(15)23)25-20(24)22-17-10-8-7-9-16(17)21(4,5)6/h7-10,13-15,19H,11-12H2,1-6H3,(H,22,24)/t14-,15+,19?/m1/s1. The molecule has 0 spiro atoms. The van der Waals surface area contributed by atoms with Crippen LogP contribution in [0.3, 0.4) is 0 Å². The van der Waals surface area contributed by atoms with Crippen LogP contribution >= 0.6 is 24.0 Å². The van der Waals surface area contributed by atoms with Gasteiger partial charge in [0.1, 0.15) is 10.1 Å². The highest BCUT2D eigenvalue weighted by Gasteiger charge is 2.38. The van der Waals surface area contributed by atoms with Crippen molar-refractivity contribution in [2.24, 2.45) is 17.8 Å². The van der Waals surface area contributed by atoms with Crippen LogP contribution < -0.4 is 5.32 Å². The highest BCUT2D eigenvalue weighted by atomic mass is 32.2. The van der Waals surface area contributed by atoms with Crippen molar-refractivity contribution in [3.05, 3.63) is 29.8 Å². The number of thiocarbonyl (C=S) groups is 1. The van der Waals surface area contributed by atoms with Crippen LogP contribution in [-0.2, 0) is 10.2 Å². The molecule has 138 valence electrons. The van der Waals surface area contributed by atoms with Crippen LogP contribution in [0.4, 0.5) is 5.69 Å². The monoisotopic (exact) mass is 377 g/mol. The van der Waals surface area contributed by atoms with Gasteiger partial charge in [0, 0.05) is 11.6 Å². The first-order chi connectivity index (χ1) is 11.6. The zero-order valence-corrected chi connectivity index (χ0v) is 17.9. The SMILES string of the molecule is CC(C)[C@@H]1CC[C@@H](C)C(SC(=S)Nc2ccccc2C(C)(C)C)C1=O. The van der Waals surface area contributed by atoms with E-state index in [-0.39, 0.29) is 16.6 Å². The molecule has 2 nitrogen and oxygen atoms in total. The second-order valence-electron chi connectivity index (χ2n) is 8.55. The van der Waals surface area contributed by atoms with E-state index < -0.39 is 0 Å². The predicted octanol–water partition coefficient (Wildman–Crippen LogP) is 6.05. The number of benzene rings is 1. The van der Waals surface area contributed by atoms with Crippen LogP contribution in [0.15, 0.2) is 24.3 Å². The van der Waals surface area contributed by atoms with E-state index in [9.17, 15) is 4.79 Å². The van der Waals surface area contributed by atoms with E-state index in [4.69, 9.17) is 12.2 Å². The van der Waals surface area contributed by atoms with Crippen LogP contribution in [0.2, 0.25) is 0 Å². The number of carbonyl (C=O) groups is 1. The number of para-hydroxylation sites is 1. The van der Waals surface area contributed by atoms with E-state index in [0.29, 0.717) is 21.9 Å². The van der Waals surface area contributed by atoms with Crippen LogP contribution in [0.5, 0.6) is 0 Å². The van der Waals surface area contributed by atoms with Crippen molar-refractivity contribution in [2.45, 2.75) is 65.0 Å². The Balaban J connectivity index is 2.11. The maximum atomic E-state index is 12.9. The molecular weight excluding hydrogens is 346 g/mol. The summed E-state index contributed by atoms with van der Waals surface area (Å²) in [5.74, 6) is 1.35. The van der Waals surface area contributed by atoms with Crippen molar-refractivity contribution in [2.75, 3.05) is 5.32 Å². The minimum atomic E-state index is -0.0250. The van der Waals surface area contributed by atoms with Gasteiger partial charge in [0.15, 0.2) is 0 Å². The molecule has 1 aliphatic carbocycles. The molecule has 1 aromatic carbocycles. The average Bonchev–Trinajstić information content (AvgIpc) is 2.50. The Bertz CT molecular complexity index is 633. The Morgan fingerprint density at radius 2 is 1.88 bits per heavy atom. The highest BCUT2D eigenvalue weighted by Crippen LogP contribution is 2.38. The molecule has 0 saturated heterocycles. The first-order valence-electron chi connectivity index (χ1n) is 9.22. The number of nitrogens with one attached hydrogen (secondary N) is 1. The Morgan fingerprint density at radius 3 is 2.48 bits per heavy atom. The molecule has 1 aliphatic rings. The molecule has 0 radical (unpaired) electrons. The number of Topliss-reactive ketones (excluding diaryl/α,β-unsaturated/α-hetero) is 1. The second kappa shape index (κ2) is 8.22. The largest absolute Gasteiger partial charge is 0.341 e. The minimum absolute atomic E-state index is 0.0250. The fourth-order valence-corrected chi connectivity index (χ4v) is 5.04. The van der Waals surface area contributed by atoms with Gasteiger partial charge >= 0.3 is 0 Å². The third-order valence-corrected chi connectivity index (χ3v) is 6.76. The van der Waals surface area contributed by atoms with Gasteiger partial charge in [-0.1, -0.05) is 83.7 Å². The van der Waals surface area contributed by atoms with Gasteiger partial charge in [-0.3, -0.25) is 4.79 Å². The summed E-state index contributed by atoms with van der Waals surface area (Å²) in [4.78, 5) is 12.9. The molecule has 0 aromatic heterocycles. The van der Waals surface area contributed by atoms with E-state index in [1.165, 1.54) is 5.56 Å². The molecule has 1 aromatic rings. The predicted molar refractivity (Wildman–Crippen MR) is 114 cm³/mol. The van der Waals surface area contributed by atoms with Crippen molar-refractivity contribution in [1.29, 1.82) is 0 Å². The number of rotatable bonds is 3. The molecule has 3 atom stereocenters. The summed E-state index contributed by atoms with van der Waals surface area (Å²) in [6.07, 6.45) is 2.12. The van der Waals surface area contributed by atoms with Crippen LogP contribution in [0.25, 0.3) is 0 Å². The molecule has 1 saturated carbocycles. The summed E-state index contributed by atoms with van der Waals surface area (Å²) in [7, 11) is 0. The lowest BCUT2D eigenvalue weighted by Crippen LogP contribution is -2.39. The van der Waals surface area contributed by atoms with Crippen molar-refractivity contribution < 1.29 is 4.79 Å². The fourth-order valence-electron chi connectivity index (χ4n) is 3.56. The lowest BCUT2D eigenvalue weighted by molar-refractivity contribution is -0.126. The van der Waals surface area contributed by atoms with Gasteiger partial charge < -0.3 is 5.32 Å². The molecule has 0 heterocycles. The maximum absolute atomic E-state index is 12.9. The summed E-state index contributed by atoms with van der Waals surface area (Å²) < 4.78 is 0.700. The minimum Gasteiger partial charge on any atom is -0.341 e. The molecule has 1 N–H and O–H groups in total. The number of thioether (sulfide) groups is 1. The Morgan fingerprint density at radius 1 is 1.24 bits per heavy atom. The molecule has 1 fully saturated rings. The Kier molecular flexibility index (Phi) is 6.72. The third-order valence-electron chi connectivity index (χ3n) is 5.11. The van der Waals surface area contributed by atoms with Gasteiger partial charge in [0.25, 0.3) is 0 Å². The molecule has 1 unspecified atom stereocenters. The fraction of sp³-hybridized carbons (Fsp3) is 0.619. The van der Waals surface area contributed by atoms with Gasteiger partial charge in [-0.05, 0) is 41.7 Å².